The number of hydrogen-bond donors (Lipinski definition) is 3. The van der Waals surface area contributed by atoms with Crippen LogP contribution in [0.5, 0.6) is 0 Å². The summed E-state index contributed by atoms with van der Waals surface area (Å²) in [4.78, 5) is 11.7. The van der Waals surface area contributed by atoms with Gasteiger partial charge in [-0.15, -0.1) is 0 Å². The third-order valence-electron chi connectivity index (χ3n) is 2.92. The molecule has 4 N–H and O–H groups in total. The van der Waals surface area contributed by atoms with Gasteiger partial charge in [-0.1, -0.05) is 12.1 Å². The van der Waals surface area contributed by atoms with Gasteiger partial charge < -0.3 is 21.0 Å². The van der Waals surface area contributed by atoms with E-state index in [9.17, 15) is 4.79 Å². The monoisotopic (exact) mass is 229 g/mol. The summed E-state index contributed by atoms with van der Waals surface area (Å²) < 4.78 is 5.31. The lowest BCUT2D eigenvalue weighted by molar-refractivity contribution is -0.126. The zero-order valence-corrected chi connectivity index (χ0v) is 9.64. The molecule has 1 aliphatic heterocycles. The summed E-state index contributed by atoms with van der Waals surface area (Å²) in [6, 6.07) is 0. The summed E-state index contributed by atoms with van der Waals surface area (Å²) in [5.74, 6) is -0.162. The maximum Gasteiger partial charge on any atom is 0.225 e. The highest BCUT2D eigenvalue weighted by Crippen LogP contribution is 2.20. The van der Waals surface area contributed by atoms with E-state index in [0.717, 1.165) is 6.42 Å². The molecule has 6 heteroatoms. The molecule has 16 heavy (non-hydrogen) atoms. The molecule has 1 rings (SSSR count). The molecule has 3 atom stereocenters. The molecule has 0 aliphatic carbocycles. The van der Waals surface area contributed by atoms with Crippen LogP contribution in [-0.4, -0.2) is 36.2 Å². The average molecular weight is 229 g/mol. The first-order valence-electron chi connectivity index (χ1n) is 5.43. The largest absolute Gasteiger partial charge is 0.409 e. The quantitative estimate of drug-likeness (QED) is 0.271. The van der Waals surface area contributed by atoms with Crippen molar-refractivity contribution in [2.45, 2.75) is 26.4 Å². The van der Waals surface area contributed by atoms with E-state index in [2.05, 4.69) is 10.5 Å². The molecule has 1 amide bonds. The predicted octanol–water partition coefficient (Wildman–Crippen LogP) is -0.0899. The van der Waals surface area contributed by atoms with Gasteiger partial charge in [0.2, 0.25) is 5.91 Å². The van der Waals surface area contributed by atoms with Gasteiger partial charge in [0.15, 0.2) is 0 Å². The fourth-order valence-electron chi connectivity index (χ4n) is 1.66. The van der Waals surface area contributed by atoms with Crippen molar-refractivity contribution in [3.63, 3.8) is 0 Å². The van der Waals surface area contributed by atoms with Gasteiger partial charge in [0, 0.05) is 19.1 Å². The Hall–Kier alpha value is -1.30. The Balaban J connectivity index is 2.35. The van der Waals surface area contributed by atoms with Gasteiger partial charge in [0.1, 0.15) is 5.84 Å². The van der Waals surface area contributed by atoms with E-state index in [1.807, 2.05) is 6.92 Å². The highest BCUT2D eigenvalue weighted by atomic mass is 16.5. The number of carbonyl (C=O) groups is 1. The molecule has 0 aromatic heterocycles. The molecule has 0 aromatic rings. The normalized spacial score (nSPS) is 27.8. The number of hydrogen-bond acceptors (Lipinski definition) is 4. The van der Waals surface area contributed by atoms with Crippen LogP contribution in [0, 0.1) is 11.8 Å². The topological polar surface area (TPSA) is 96.9 Å². The Morgan fingerprint density at radius 1 is 1.75 bits per heavy atom. The molecule has 92 valence electrons. The van der Waals surface area contributed by atoms with Gasteiger partial charge in [-0.25, -0.2) is 0 Å². The predicted molar refractivity (Wildman–Crippen MR) is 59.1 cm³/mol. The van der Waals surface area contributed by atoms with E-state index in [4.69, 9.17) is 15.7 Å². The Bertz CT molecular complexity index is 280. The van der Waals surface area contributed by atoms with Crippen molar-refractivity contribution in [3.05, 3.63) is 0 Å². The number of nitrogens with one attached hydrogen (secondary N) is 1. The van der Waals surface area contributed by atoms with Crippen LogP contribution in [0.3, 0.4) is 0 Å². The Morgan fingerprint density at radius 3 is 2.94 bits per heavy atom. The molecule has 0 bridgehead atoms. The first-order valence-corrected chi connectivity index (χ1v) is 5.43. The minimum absolute atomic E-state index is 0.0254. The third-order valence-corrected chi connectivity index (χ3v) is 2.92. The van der Waals surface area contributed by atoms with Crippen molar-refractivity contribution in [2.24, 2.45) is 22.7 Å². The first-order chi connectivity index (χ1) is 7.56. The van der Waals surface area contributed by atoms with Crippen molar-refractivity contribution >= 4 is 11.7 Å². The first kappa shape index (κ1) is 12.8. The van der Waals surface area contributed by atoms with Crippen LogP contribution in [-0.2, 0) is 9.53 Å². The molecule has 1 saturated heterocycles. The summed E-state index contributed by atoms with van der Waals surface area (Å²) in [6.07, 6.45) is 0.726. The van der Waals surface area contributed by atoms with Crippen LogP contribution in [0.2, 0.25) is 0 Å². The number of amidine groups is 1. The van der Waals surface area contributed by atoms with E-state index in [1.54, 1.807) is 6.92 Å². The molecule has 6 nitrogen and oxygen atoms in total. The van der Waals surface area contributed by atoms with Crippen molar-refractivity contribution in [2.75, 3.05) is 13.2 Å². The number of oxime groups is 1. The van der Waals surface area contributed by atoms with E-state index >= 15 is 0 Å². The second-order valence-corrected chi connectivity index (χ2v) is 4.14. The van der Waals surface area contributed by atoms with Crippen molar-refractivity contribution in [1.29, 1.82) is 0 Å². The molecule has 1 heterocycles. The van der Waals surface area contributed by atoms with Crippen molar-refractivity contribution in [3.8, 4) is 0 Å². The number of rotatable bonds is 4. The lowest BCUT2D eigenvalue weighted by atomic mass is 10.0. The van der Waals surface area contributed by atoms with E-state index < -0.39 is 0 Å². The van der Waals surface area contributed by atoms with E-state index in [0.29, 0.717) is 13.2 Å². The molecular weight excluding hydrogens is 210 g/mol. The fraction of sp³-hybridized carbons (Fsp3) is 0.800. The van der Waals surface area contributed by atoms with Gasteiger partial charge in [-0.2, -0.15) is 0 Å². The lowest BCUT2D eigenvalue weighted by Crippen LogP contribution is -2.39. The highest BCUT2D eigenvalue weighted by molar-refractivity contribution is 5.84. The van der Waals surface area contributed by atoms with Crippen LogP contribution in [0.4, 0.5) is 0 Å². The number of nitrogens with two attached hydrogens (primary N) is 1. The SMILES string of the molecule is CC(CNC(=O)C1CCOC1C)C(N)=NO. The average Bonchev–Trinajstić information content (AvgIpc) is 2.70. The third kappa shape index (κ3) is 3.10. The van der Waals surface area contributed by atoms with E-state index in [1.165, 1.54) is 0 Å². The zero-order chi connectivity index (χ0) is 12.1. The minimum atomic E-state index is -0.174. The summed E-state index contributed by atoms with van der Waals surface area (Å²) in [7, 11) is 0. The number of amides is 1. The second kappa shape index (κ2) is 5.69. The second-order valence-electron chi connectivity index (χ2n) is 4.14. The summed E-state index contributed by atoms with van der Waals surface area (Å²) in [5.41, 5.74) is 5.41. The van der Waals surface area contributed by atoms with Gasteiger partial charge in [0.25, 0.3) is 0 Å². The fourth-order valence-corrected chi connectivity index (χ4v) is 1.66. The van der Waals surface area contributed by atoms with Crippen molar-refractivity contribution < 1.29 is 14.7 Å². The minimum Gasteiger partial charge on any atom is -0.409 e. The van der Waals surface area contributed by atoms with Gasteiger partial charge in [-0.3, -0.25) is 4.79 Å². The lowest BCUT2D eigenvalue weighted by Gasteiger charge is -2.16. The summed E-state index contributed by atoms with van der Waals surface area (Å²) in [6.45, 7) is 4.68. The molecule has 0 radical (unpaired) electrons. The van der Waals surface area contributed by atoms with Gasteiger partial charge >= 0.3 is 0 Å². The van der Waals surface area contributed by atoms with E-state index in [-0.39, 0.29) is 29.7 Å². The number of ether oxygens (including phenoxy) is 1. The maximum absolute atomic E-state index is 11.7. The molecule has 0 saturated carbocycles. The smallest absolute Gasteiger partial charge is 0.225 e. The Kier molecular flexibility index (Phi) is 4.54. The summed E-state index contributed by atoms with van der Waals surface area (Å²) in [5, 5.41) is 14.1. The summed E-state index contributed by atoms with van der Waals surface area (Å²) >= 11 is 0. The van der Waals surface area contributed by atoms with Crippen molar-refractivity contribution in [1.82, 2.24) is 5.32 Å². The van der Waals surface area contributed by atoms with Gasteiger partial charge in [0.05, 0.1) is 12.0 Å². The standard InChI is InChI=1S/C10H19N3O3/c1-6(9(11)13-15)5-12-10(14)8-3-4-16-7(8)2/h6-8,15H,3-5H2,1-2H3,(H2,11,13)(H,12,14). The zero-order valence-electron chi connectivity index (χ0n) is 9.64. The molecule has 3 unspecified atom stereocenters. The highest BCUT2D eigenvalue weighted by Gasteiger charge is 2.30. The van der Waals surface area contributed by atoms with Crippen LogP contribution in [0.15, 0.2) is 5.16 Å². The Morgan fingerprint density at radius 2 is 2.44 bits per heavy atom. The molecule has 0 spiro atoms. The van der Waals surface area contributed by atoms with Gasteiger partial charge in [-0.05, 0) is 13.3 Å². The maximum atomic E-state index is 11.7. The number of carbonyl (C=O) groups excluding carboxylic acids is 1. The number of nitrogens with zero attached hydrogens (tertiary/aromatic N) is 1. The molecule has 0 aromatic carbocycles. The van der Waals surface area contributed by atoms with Crippen LogP contribution in [0.25, 0.3) is 0 Å². The molecule has 1 aliphatic rings. The molecule has 1 fully saturated rings. The van der Waals surface area contributed by atoms with Crippen LogP contribution in [0.1, 0.15) is 20.3 Å². The van der Waals surface area contributed by atoms with Crippen LogP contribution >= 0.6 is 0 Å². The van der Waals surface area contributed by atoms with Crippen LogP contribution < -0.4 is 11.1 Å². The molecular formula is C10H19N3O3. The Labute approximate surface area is 94.8 Å².